The van der Waals surface area contributed by atoms with Crippen LogP contribution in [-0.2, 0) is 0 Å². The highest BCUT2D eigenvalue weighted by molar-refractivity contribution is 9.11. The van der Waals surface area contributed by atoms with Crippen LogP contribution in [0.2, 0.25) is 0 Å². The highest BCUT2D eigenvalue weighted by Gasteiger charge is 2.32. The van der Waals surface area contributed by atoms with Gasteiger partial charge in [0.25, 0.3) is 0 Å². The van der Waals surface area contributed by atoms with Crippen molar-refractivity contribution in [1.82, 2.24) is 4.90 Å². The maximum absolute atomic E-state index is 12.2. The molecule has 0 saturated carbocycles. The van der Waals surface area contributed by atoms with E-state index in [1.807, 2.05) is 6.07 Å². The van der Waals surface area contributed by atoms with Gasteiger partial charge in [0.2, 0.25) is 0 Å². The van der Waals surface area contributed by atoms with E-state index in [0.29, 0.717) is 0 Å². The number of rotatable bonds is 4. The molecule has 7 heteroatoms. The van der Waals surface area contributed by atoms with E-state index in [-0.39, 0.29) is 6.54 Å². The lowest BCUT2D eigenvalue weighted by Gasteiger charge is -2.26. The van der Waals surface area contributed by atoms with E-state index in [4.69, 9.17) is 5.73 Å². The highest BCUT2D eigenvalue weighted by atomic mass is 79.9. The Morgan fingerprint density at radius 2 is 2.12 bits per heavy atom. The number of likely N-dealkylation sites (N-methyl/N-ethyl adjacent to an activating group) is 1. The van der Waals surface area contributed by atoms with E-state index < -0.39 is 18.8 Å². The van der Waals surface area contributed by atoms with E-state index in [1.165, 1.54) is 23.3 Å². The molecule has 2 nitrogen and oxygen atoms in total. The van der Waals surface area contributed by atoms with Crippen molar-refractivity contribution in [1.29, 1.82) is 0 Å². The molecule has 0 saturated heterocycles. The quantitative estimate of drug-likeness (QED) is 0.925. The van der Waals surface area contributed by atoms with Gasteiger partial charge in [0.15, 0.2) is 0 Å². The Balaban J connectivity index is 2.74. The largest absolute Gasteiger partial charge is 0.401 e. The molecule has 0 aliphatic heterocycles. The van der Waals surface area contributed by atoms with Crippen molar-refractivity contribution in [3.8, 4) is 0 Å². The predicted octanol–water partition coefficient (Wildman–Crippen LogP) is 3.00. The molecule has 0 aliphatic carbocycles. The molecule has 2 N–H and O–H groups in total. The van der Waals surface area contributed by atoms with Gasteiger partial charge in [0.1, 0.15) is 0 Å². The maximum atomic E-state index is 12.2. The molecule has 1 heterocycles. The van der Waals surface area contributed by atoms with Crippen molar-refractivity contribution in [2.45, 2.75) is 12.2 Å². The number of nitrogens with two attached hydrogens (primary N) is 1. The first-order valence-electron chi connectivity index (χ1n) is 4.56. The number of nitrogens with zero attached hydrogens (tertiary/aromatic N) is 1. The van der Waals surface area contributed by atoms with Crippen molar-refractivity contribution in [2.75, 3.05) is 20.1 Å². The highest BCUT2D eigenvalue weighted by Crippen LogP contribution is 2.31. The molecule has 1 rings (SSSR count). The van der Waals surface area contributed by atoms with Crippen molar-refractivity contribution < 1.29 is 13.2 Å². The lowest BCUT2D eigenvalue weighted by molar-refractivity contribution is -0.147. The molecule has 0 amide bonds. The zero-order valence-corrected chi connectivity index (χ0v) is 11.0. The average molecular weight is 317 g/mol. The smallest absolute Gasteiger partial charge is 0.329 e. The third-order valence-electron chi connectivity index (χ3n) is 2.11. The van der Waals surface area contributed by atoms with Gasteiger partial charge in [-0.25, -0.2) is 0 Å². The van der Waals surface area contributed by atoms with Crippen LogP contribution in [0, 0.1) is 0 Å². The van der Waals surface area contributed by atoms with Gasteiger partial charge in [-0.05, 0) is 35.1 Å². The van der Waals surface area contributed by atoms with E-state index in [1.54, 1.807) is 6.07 Å². The molecule has 1 unspecified atom stereocenters. The minimum absolute atomic E-state index is 0.166. The lowest BCUT2D eigenvalue weighted by atomic mass is 10.2. The fourth-order valence-corrected chi connectivity index (χ4v) is 3.02. The zero-order chi connectivity index (χ0) is 12.3. The van der Waals surface area contributed by atoms with Gasteiger partial charge in [-0.15, -0.1) is 11.3 Å². The Morgan fingerprint density at radius 1 is 1.50 bits per heavy atom. The second-order valence-electron chi connectivity index (χ2n) is 3.42. The summed E-state index contributed by atoms with van der Waals surface area (Å²) in [5.41, 5.74) is 5.52. The zero-order valence-electron chi connectivity index (χ0n) is 8.59. The summed E-state index contributed by atoms with van der Waals surface area (Å²) in [7, 11) is 1.43. The summed E-state index contributed by atoms with van der Waals surface area (Å²) in [6.07, 6.45) is -4.20. The van der Waals surface area contributed by atoms with Crippen LogP contribution >= 0.6 is 27.3 Å². The van der Waals surface area contributed by atoms with E-state index in [9.17, 15) is 13.2 Å². The minimum Gasteiger partial charge on any atom is -0.329 e. The molecule has 0 fully saturated rings. The van der Waals surface area contributed by atoms with Gasteiger partial charge >= 0.3 is 6.18 Å². The molecule has 0 aromatic carbocycles. The van der Waals surface area contributed by atoms with Crippen molar-refractivity contribution in [3.63, 3.8) is 0 Å². The Kier molecular flexibility index (Phi) is 4.78. The Morgan fingerprint density at radius 3 is 2.50 bits per heavy atom. The number of halogens is 4. The molecule has 0 aliphatic rings. The summed E-state index contributed by atoms with van der Waals surface area (Å²) in [5.74, 6) is 0. The molecular weight excluding hydrogens is 305 g/mol. The summed E-state index contributed by atoms with van der Waals surface area (Å²) < 4.78 is 37.6. The Labute approximate surface area is 104 Å². The van der Waals surface area contributed by atoms with Crippen LogP contribution in [0.15, 0.2) is 15.9 Å². The Hall–Kier alpha value is -0.110. The van der Waals surface area contributed by atoms with Crippen molar-refractivity contribution in [2.24, 2.45) is 5.73 Å². The van der Waals surface area contributed by atoms with Gasteiger partial charge in [-0.3, -0.25) is 4.90 Å². The predicted molar refractivity (Wildman–Crippen MR) is 62.5 cm³/mol. The van der Waals surface area contributed by atoms with Gasteiger partial charge in [0, 0.05) is 11.4 Å². The first-order chi connectivity index (χ1) is 7.33. The molecule has 0 radical (unpaired) electrons. The molecule has 1 aromatic rings. The van der Waals surface area contributed by atoms with Crippen LogP contribution in [0.1, 0.15) is 10.9 Å². The summed E-state index contributed by atoms with van der Waals surface area (Å²) in [4.78, 5) is 2.05. The molecule has 16 heavy (non-hydrogen) atoms. The normalized spacial score (nSPS) is 14.4. The van der Waals surface area contributed by atoms with Gasteiger partial charge in [0.05, 0.1) is 16.4 Å². The topological polar surface area (TPSA) is 29.3 Å². The van der Waals surface area contributed by atoms with Gasteiger partial charge in [-0.1, -0.05) is 0 Å². The molecule has 1 aromatic heterocycles. The lowest BCUT2D eigenvalue weighted by Crippen LogP contribution is -2.37. The van der Waals surface area contributed by atoms with Gasteiger partial charge < -0.3 is 5.73 Å². The summed E-state index contributed by atoms with van der Waals surface area (Å²) >= 11 is 4.68. The van der Waals surface area contributed by atoms with Crippen molar-refractivity contribution >= 4 is 27.3 Å². The number of hydrogen-bond donors (Lipinski definition) is 1. The molecule has 92 valence electrons. The van der Waals surface area contributed by atoms with E-state index in [0.717, 1.165) is 8.66 Å². The second-order valence-corrected chi connectivity index (χ2v) is 5.92. The fraction of sp³-hybridized carbons (Fsp3) is 0.556. The Bertz CT molecular complexity index is 340. The number of alkyl halides is 3. The SMILES string of the molecule is CN(CC(F)(F)F)C(CN)c1ccc(Br)s1. The van der Waals surface area contributed by atoms with Crippen molar-refractivity contribution in [3.05, 3.63) is 20.8 Å². The van der Waals surface area contributed by atoms with Gasteiger partial charge in [-0.2, -0.15) is 13.2 Å². The second kappa shape index (κ2) is 5.48. The molecule has 1 atom stereocenters. The first kappa shape index (κ1) is 14.0. The first-order valence-corrected chi connectivity index (χ1v) is 6.16. The average Bonchev–Trinajstić information content (AvgIpc) is 2.49. The van der Waals surface area contributed by atoms with E-state index in [2.05, 4.69) is 15.9 Å². The monoisotopic (exact) mass is 316 g/mol. The number of hydrogen-bond acceptors (Lipinski definition) is 3. The molecule has 0 spiro atoms. The van der Waals surface area contributed by atoms with E-state index >= 15 is 0 Å². The number of thiophene rings is 1. The van der Waals surface area contributed by atoms with Crippen LogP contribution < -0.4 is 5.73 Å². The third kappa shape index (κ3) is 4.04. The summed E-state index contributed by atoms with van der Waals surface area (Å²) in [6, 6.07) is 3.21. The van der Waals surface area contributed by atoms with Crippen LogP contribution in [0.25, 0.3) is 0 Å². The standard InChI is InChI=1S/C9H12BrF3N2S/c1-15(5-9(11,12)13)6(4-14)7-2-3-8(10)16-7/h2-3,6H,4-5,14H2,1H3. The van der Waals surface area contributed by atoms with Crippen LogP contribution in [0.3, 0.4) is 0 Å². The van der Waals surface area contributed by atoms with Crippen LogP contribution in [-0.4, -0.2) is 31.2 Å². The summed E-state index contributed by atoms with van der Waals surface area (Å²) in [5, 5.41) is 0. The molecular formula is C9H12BrF3N2S. The molecule has 0 bridgehead atoms. The van der Waals surface area contributed by atoms with Crippen LogP contribution in [0.5, 0.6) is 0 Å². The fourth-order valence-electron chi connectivity index (χ4n) is 1.41. The maximum Gasteiger partial charge on any atom is 0.401 e. The third-order valence-corrected chi connectivity index (χ3v) is 3.83. The summed E-state index contributed by atoms with van der Waals surface area (Å²) in [6.45, 7) is -0.788. The minimum atomic E-state index is -4.20. The van der Waals surface area contributed by atoms with Crippen LogP contribution in [0.4, 0.5) is 13.2 Å².